The van der Waals surface area contributed by atoms with Crippen LogP contribution in [0.15, 0.2) is 23.2 Å². The van der Waals surface area contributed by atoms with E-state index in [1.54, 1.807) is 7.05 Å². The van der Waals surface area contributed by atoms with E-state index in [0.717, 1.165) is 30.0 Å². The van der Waals surface area contributed by atoms with Crippen molar-refractivity contribution in [1.82, 2.24) is 16.0 Å². The number of guanidine groups is 1. The van der Waals surface area contributed by atoms with Crippen LogP contribution in [0.5, 0.6) is 11.5 Å². The molecule has 7 nitrogen and oxygen atoms in total. The summed E-state index contributed by atoms with van der Waals surface area (Å²) in [6.07, 6.45) is 0.815. The van der Waals surface area contributed by atoms with Crippen molar-refractivity contribution in [3.63, 3.8) is 0 Å². The second-order valence-electron chi connectivity index (χ2n) is 6.98. The standard InChI is InChI=1S/C21H36N4O3.HI/c1-7-23-20(25-15-21(4,5)19(26)22-6)24-13-12-16-10-11-17(27-8-2)18(14-16)28-9-3;/h10-11,14H,7-9,12-13,15H2,1-6H3,(H,22,26)(H2,23,24,25);1H. The monoisotopic (exact) mass is 520 g/mol. The fourth-order valence-corrected chi connectivity index (χ4v) is 2.60. The molecule has 0 saturated carbocycles. The highest BCUT2D eigenvalue weighted by molar-refractivity contribution is 14.0. The van der Waals surface area contributed by atoms with E-state index < -0.39 is 5.41 Å². The maximum Gasteiger partial charge on any atom is 0.227 e. The van der Waals surface area contributed by atoms with Crippen LogP contribution in [0, 0.1) is 5.41 Å². The Morgan fingerprint density at radius 2 is 1.72 bits per heavy atom. The molecule has 1 aromatic carbocycles. The third kappa shape index (κ3) is 9.56. The maximum absolute atomic E-state index is 11.9. The van der Waals surface area contributed by atoms with Gasteiger partial charge in [-0.05, 0) is 58.7 Å². The first-order valence-electron chi connectivity index (χ1n) is 10.0. The Balaban J connectivity index is 0.00000784. The van der Waals surface area contributed by atoms with Crippen molar-refractivity contribution < 1.29 is 14.3 Å². The number of halogens is 1. The average molecular weight is 520 g/mol. The van der Waals surface area contributed by atoms with E-state index in [-0.39, 0.29) is 29.9 Å². The van der Waals surface area contributed by atoms with Crippen molar-refractivity contribution in [2.45, 2.75) is 41.0 Å². The molecule has 1 aromatic rings. The van der Waals surface area contributed by atoms with Gasteiger partial charge >= 0.3 is 0 Å². The summed E-state index contributed by atoms with van der Waals surface area (Å²) in [6.45, 7) is 12.8. The lowest BCUT2D eigenvalue weighted by Gasteiger charge is -2.21. The Bertz CT molecular complexity index is 651. The van der Waals surface area contributed by atoms with Crippen molar-refractivity contribution in [2.24, 2.45) is 10.4 Å². The highest BCUT2D eigenvalue weighted by Crippen LogP contribution is 2.28. The first kappa shape index (κ1) is 27.3. The fraction of sp³-hybridized carbons (Fsp3) is 0.619. The second-order valence-corrected chi connectivity index (χ2v) is 6.98. The van der Waals surface area contributed by atoms with Crippen molar-refractivity contribution in [2.75, 3.05) is 39.9 Å². The summed E-state index contributed by atoms with van der Waals surface area (Å²) in [5.41, 5.74) is 0.597. The van der Waals surface area contributed by atoms with Gasteiger partial charge < -0.3 is 25.4 Å². The topological polar surface area (TPSA) is 84.0 Å². The number of ether oxygens (including phenoxy) is 2. The fourth-order valence-electron chi connectivity index (χ4n) is 2.60. The van der Waals surface area contributed by atoms with Crippen LogP contribution in [0.1, 0.15) is 40.2 Å². The van der Waals surface area contributed by atoms with E-state index in [0.29, 0.717) is 32.3 Å². The van der Waals surface area contributed by atoms with Gasteiger partial charge in [0.2, 0.25) is 5.91 Å². The number of nitrogens with zero attached hydrogens (tertiary/aromatic N) is 1. The van der Waals surface area contributed by atoms with Crippen LogP contribution in [-0.4, -0.2) is 51.8 Å². The Morgan fingerprint density at radius 1 is 1.07 bits per heavy atom. The summed E-state index contributed by atoms with van der Waals surface area (Å²) < 4.78 is 11.3. The molecule has 0 aliphatic carbocycles. The van der Waals surface area contributed by atoms with Gasteiger partial charge in [-0.15, -0.1) is 24.0 Å². The minimum Gasteiger partial charge on any atom is -0.490 e. The molecule has 0 heterocycles. The van der Waals surface area contributed by atoms with Gasteiger partial charge in [0.05, 0.1) is 25.2 Å². The van der Waals surface area contributed by atoms with Gasteiger partial charge in [0.25, 0.3) is 0 Å². The largest absolute Gasteiger partial charge is 0.490 e. The minimum absolute atomic E-state index is 0. The number of carbonyl (C=O) groups is 1. The summed E-state index contributed by atoms with van der Waals surface area (Å²) in [5, 5.41) is 9.23. The number of hydrogen-bond donors (Lipinski definition) is 3. The molecule has 0 spiro atoms. The first-order valence-corrected chi connectivity index (χ1v) is 10.0. The second kappa shape index (κ2) is 14.3. The molecule has 0 radical (unpaired) electrons. The zero-order valence-electron chi connectivity index (χ0n) is 18.6. The number of benzene rings is 1. The summed E-state index contributed by atoms with van der Waals surface area (Å²) in [4.78, 5) is 16.5. The van der Waals surface area contributed by atoms with Crippen molar-refractivity contribution in [3.05, 3.63) is 23.8 Å². The molecule has 0 unspecified atom stereocenters. The Hall–Kier alpha value is -1.71. The maximum atomic E-state index is 11.9. The van der Waals surface area contributed by atoms with Gasteiger partial charge in [-0.25, -0.2) is 0 Å². The average Bonchev–Trinajstić information content (AvgIpc) is 2.67. The zero-order chi connectivity index (χ0) is 21.0. The summed E-state index contributed by atoms with van der Waals surface area (Å²) >= 11 is 0. The Labute approximate surface area is 192 Å². The summed E-state index contributed by atoms with van der Waals surface area (Å²) in [5.74, 6) is 2.22. The Kier molecular flexibility index (Phi) is 13.5. The smallest absolute Gasteiger partial charge is 0.227 e. The zero-order valence-corrected chi connectivity index (χ0v) is 20.9. The van der Waals surface area contributed by atoms with Gasteiger partial charge in [0.15, 0.2) is 17.5 Å². The predicted molar refractivity (Wildman–Crippen MR) is 130 cm³/mol. The molecule has 29 heavy (non-hydrogen) atoms. The quantitative estimate of drug-likeness (QED) is 0.238. The van der Waals surface area contributed by atoms with Gasteiger partial charge in [0.1, 0.15) is 0 Å². The molecule has 0 atom stereocenters. The van der Waals surface area contributed by atoms with Crippen molar-refractivity contribution >= 4 is 35.8 Å². The van der Waals surface area contributed by atoms with Gasteiger partial charge in [-0.1, -0.05) is 6.07 Å². The lowest BCUT2D eigenvalue weighted by atomic mass is 9.93. The lowest BCUT2D eigenvalue weighted by Crippen LogP contribution is -2.41. The molecular weight excluding hydrogens is 483 g/mol. The molecule has 1 rings (SSSR count). The number of aliphatic imine (C=N–C) groups is 1. The normalized spacial score (nSPS) is 11.3. The van der Waals surface area contributed by atoms with Crippen LogP contribution < -0.4 is 25.4 Å². The van der Waals surface area contributed by atoms with Gasteiger partial charge in [-0.3, -0.25) is 9.79 Å². The number of amides is 1. The summed E-state index contributed by atoms with van der Waals surface area (Å²) in [6, 6.07) is 6.03. The molecule has 166 valence electrons. The predicted octanol–water partition coefficient (Wildman–Crippen LogP) is 2.97. The van der Waals surface area contributed by atoms with E-state index in [4.69, 9.17) is 9.47 Å². The molecule has 0 fully saturated rings. The van der Waals surface area contributed by atoms with E-state index in [1.165, 1.54) is 0 Å². The molecule has 3 N–H and O–H groups in total. The number of carbonyl (C=O) groups excluding carboxylic acids is 1. The van der Waals surface area contributed by atoms with Crippen LogP contribution >= 0.6 is 24.0 Å². The highest BCUT2D eigenvalue weighted by atomic mass is 127. The third-order valence-corrected chi connectivity index (χ3v) is 4.13. The van der Waals surface area contributed by atoms with Crippen molar-refractivity contribution in [1.29, 1.82) is 0 Å². The van der Waals surface area contributed by atoms with Crippen LogP contribution in [0.3, 0.4) is 0 Å². The van der Waals surface area contributed by atoms with Crippen LogP contribution in [0.4, 0.5) is 0 Å². The molecule has 0 bridgehead atoms. The van der Waals surface area contributed by atoms with E-state index >= 15 is 0 Å². The minimum atomic E-state index is -0.557. The lowest BCUT2D eigenvalue weighted by molar-refractivity contribution is -0.128. The number of hydrogen-bond acceptors (Lipinski definition) is 4. The third-order valence-electron chi connectivity index (χ3n) is 4.13. The van der Waals surface area contributed by atoms with Crippen LogP contribution in [0.25, 0.3) is 0 Å². The molecule has 0 saturated heterocycles. The Morgan fingerprint density at radius 3 is 2.31 bits per heavy atom. The van der Waals surface area contributed by atoms with Crippen LogP contribution in [-0.2, 0) is 11.2 Å². The molecule has 0 aromatic heterocycles. The molecule has 8 heteroatoms. The first-order chi connectivity index (χ1) is 13.4. The molecule has 0 aliphatic rings. The number of rotatable bonds is 11. The number of nitrogens with one attached hydrogen (secondary N) is 3. The van der Waals surface area contributed by atoms with E-state index in [2.05, 4.69) is 20.9 Å². The van der Waals surface area contributed by atoms with Gasteiger partial charge in [-0.2, -0.15) is 0 Å². The molecule has 1 amide bonds. The van der Waals surface area contributed by atoms with E-state index in [1.807, 2.05) is 52.8 Å². The van der Waals surface area contributed by atoms with Gasteiger partial charge in [0, 0.05) is 20.1 Å². The van der Waals surface area contributed by atoms with Crippen LogP contribution in [0.2, 0.25) is 0 Å². The highest BCUT2D eigenvalue weighted by Gasteiger charge is 2.26. The van der Waals surface area contributed by atoms with E-state index in [9.17, 15) is 4.79 Å². The molecule has 0 aliphatic heterocycles. The SMILES string of the molecule is CCNC(=NCC(C)(C)C(=O)NC)NCCc1ccc(OCC)c(OCC)c1.I. The summed E-state index contributed by atoms with van der Waals surface area (Å²) in [7, 11) is 1.64. The van der Waals surface area contributed by atoms with Crippen molar-refractivity contribution in [3.8, 4) is 11.5 Å². The molecular formula is C21H37IN4O3.